The molecule has 0 bridgehead atoms. The number of nitrogen functional groups attached to an aromatic ring is 1. The molecule has 1 aliphatic rings. The van der Waals surface area contributed by atoms with E-state index in [1.54, 1.807) is 23.9 Å². The van der Waals surface area contributed by atoms with Crippen molar-refractivity contribution in [1.82, 2.24) is 25.0 Å². The van der Waals surface area contributed by atoms with E-state index in [2.05, 4.69) is 32.1 Å². The molecule has 3 N–H and O–H groups in total. The van der Waals surface area contributed by atoms with Crippen molar-refractivity contribution >= 4 is 11.6 Å². The lowest BCUT2D eigenvalue weighted by atomic mass is 10.2. The number of ether oxygens (including phenoxy) is 1. The molecule has 2 aromatic heterocycles. The van der Waals surface area contributed by atoms with Gasteiger partial charge in [0.25, 0.3) is 5.91 Å². The van der Waals surface area contributed by atoms with Crippen LogP contribution in [0.15, 0.2) is 18.2 Å². The minimum absolute atomic E-state index is 0.208. The zero-order valence-electron chi connectivity index (χ0n) is 15.7. The summed E-state index contributed by atoms with van der Waals surface area (Å²) in [4.78, 5) is 18.9. The lowest BCUT2D eigenvalue weighted by Crippen LogP contribution is -2.41. The predicted molar refractivity (Wildman–Crippen MR) is 102 cm³/mol. The summed E-state index contributed by atoms with van der Waals surface area (Å²) in [7, 11) is 1.75. The fourth-order valence-electron chi connectivity index (χ4n) is 2.73. The molecular weight excluding hydrogens is 344 g/mol. The number of nitrogens with zero attached hydrogens (tertiary/aromatic N) is 4. The lowest BCUT2D eigenvalue weighted by molar-refractivity contribution is 0.0383. The zero-order valence-corrected chi connectivity index (χ0v) is 15.7. The molecule has 8 heteroatoms. The standard InChI is InChI=1S/C19H24N6O2/c1-14-3-5-16(20)17(22-14)6-4-15-13-18(23-24(15)2)19(26)21-7-8-25-9-11-27-12-10-25/h3,5,13H,7-12,20H2,1-2H3,(H,21,26). The van der Waals surface area contributed by atoms with Crippen LogP contribution in [0.25, 0.3) is 0 Å². The summed E-state index contributed by atoms with van der Waals surface area (Å²) in [5.74, 6) is 5.73. The normalized spacial score (nSPS) is 14.4. The Hall–Kier alpha value is -2.89. The van der Waals surface area contributed by atoms with Crippen LogP contribution in [0.1, 0.15) is 27.6 Å². The van der Waals surface area contributed by atoms with Crippen molar-refractivity contribution in [3.05, 3.63) is 41.0 Å². The number of hydrogen-bond acceptors (Lipinski definition) is 6. The van der Waals surface area contributed by atoms with Crippen LogP contribution in [0.4, 0.5) is 5.69 Å². The Bertz CT molecular complexity index is 874. The van der Waals surface area contributed by atoms with Crippen LogP contribution in [0.3, 0.4) is 0 Å². The van der Waals surface area contributed by atoms with Crippen molar-refractivity contribution < 1.29 is 9.53 Å². The van der Waals surface area contributed by atoms with Gasteiger partial charge in [-0.1, -0.05) is 0 Å². The molecule has 1 amide bonds. The fraction of sp³-hybridized carbons (Fsp3) is 0.421. The molecule has 0 atom stereocenters. The Morgan fingerprint density at radius 3 is 2.89 bits per heavy atom. The smallest absolute Gasteiger partial charge is 0.271 e. The molecule has 0 aliphatic carbocycles. The number of carbonyl (C=O) groups excluding carboxylic acids is 1. The van der Waals surface area contributed by atoms with Gasteiger partial charge in [0.2, 0.25) is 0 Å². The second-order valence-corrected chi connectivity index (χ2v) is 6.39. The van der Waals surface area contributed by atoms with E-state index in [1.165, 1.54) is 0 Å². The molecular formula is C19H24N6O2. The molecule has 1 fully saturated rings. The fourth-order valence-corrected chi connectivity index (χ4v) is 2.73. The highest BCUT2D eigenvalue weighted by molar-refractivity contribution is 5.92. The van der Waals surface area contributed by atoms with Crippen LogP contribution < -0.4 is 11.1 Å². The van der Waals surface area contributed by atoms with E-state index in [-0.39, 0.29) is 5.91 Å². The number of pyridine rings is 1. The van der Waals surface area contributed by atoms with E-state index >= 15 is 0 Å². The monoisotopic (exact) mass is 368 g/mol. The Balaban J connectivity index is 1.61. The second-order valence-electron chi connectivity index (χ2n) is 6.39. The van der Waals surface area contributed by atoms with E-state index in [1.807, 2.05) is 13.0 Å². The van der Waals surface area contributed by atoms with Gasteiger partial charge in [0.05, 0.1) is 18.9 Å². The van der Waals surface area contributed by atoms with Crippen LogP contribution >= 0.6 is 0 Å². The number of amides is 1. The average Bonchev–Trinajstić information content (AvgIpc) is 3.04. The molecule has 0 saturated carbocycles. The number of morpholine rings is 1. The highest BCUT2D eigenvalue weighted by Crippen LogP contribution is 2.09. The summed E-state index contributed by atoms with van der Waals surface area (Å²) in [6, 6.07) is 5.29. The van der Waals surface area contributed by atoms with Crippen LogP contribution in [-0.2, 0) is 11.8 Å². The van der Waals surface area contributed by atoms with Crippen LogP contribution in [0.5, 0.6) is 0 Å². The van der Waals surface area contributed by atoms with Gasteiger partial charge in [-0.25, -0.2) is 4.98 Å². The summed E-state index contributed by atoms with van der Waals surface area (Å²) in [5, 5.41) is 7.14. The summed E-state index contributed by atoms with van der Waals surface area (Å²) < 4.78 is 6.89. The molecule has 0 unspecified atom stereocenters. The van der Waals surface area contributed by atoms with Gasteiger partial charge < -0.3 is 15.8 Å². The predicted octanol–water partition coefficient (Wildman–Crippen LogP) is 0.168. The minimum Gasteiger partial charge on any atom is -0.396 e. The molecule has 142 valence electrons. The summed E-state index contributed by atoms with van der Waals surface area (Å²) in [6.07, 6.45) is 0. The second kappa shape index (κ2) is 8.66. The first-order valence-corrected chi connectivity index (χ1v) is 8.90. The van der Waals surface area contributed by atoms with Gasteiger partial charge >= 0.3 is 0 Å². The highest BCUT2D eigenvalue weighted by atomic mass is 16.5. The van der Waals surface area contributed by atoms with E-state index in [9.17, 15) is 4.79 Å². The van der Waals surface area contributed by atoms with Crippen molar-refractivity contribution in [3.8, 4) is 11.8 Å². The Morgan fingerprint density at radius 2 is 2.11 bits per heavy atom. The number of anilines is 1. The Kier molecular flexibility index (Phi) is 6.06. The van der Waals surface area contributed by atoms with Gasteiger partial charge in [-0.15, -0.1) is 0 Å². The molecule has 2 aromatic rings. The number of nitrogens with one attached hydrogen (secondary N) is 1. The number of hydrogen-bond donors (Lipinski definition) is 2. The van der Waals surface area contributed by atoms with Crippen molar-refractivity contribution in [1.29, 1.82) is 0 Å². The first-order chi connectivity index (χ1) is 13.0. The quantitative estimate of drug-likeness (QED) is 0.747. The Morgan fingerprint density at radius 1 is 1.33 bits per heavy atom. The van der Waals surface area contributed by atoms with E-state index in [0.717, 1.165) is 38.5 Å². The minimum atomic E-state index is -0.208. The van der Waals surface area contributed by atoms with Crippen LogP contribution in [0.2, 0.25) is 0 Å². The van der Waals surface area contributed by atoms with E-state index < -0.39 is 0 Å². The van der Waals surface area contributed by atoms with Crippen molar-refractivity contribution in [2.45, 2.75) is 6.92 Å². The van der Waals surface area contributed by atoms with E-state index in [4.69, 9.17) is 10.5 Å². The van der Waals surface area contributed by atoms with Gasteiger partial charge in [0, 0.05) is 45.0 Å². The summed E-state index contributed by atoms with van der Waals surface area (Å²) in [6.45, 7) is 6.54. The molecule has 27 heavy (non-hydrogen) atoms. The molecule has 1 saturated heterocycles. The molecule has 3 rings (SSSR count). The lowest BCUT2D eigenvalue weighted by Gasteiger charge is -2.26. The van der Waals surface area contributed by atoms with Gasteiger partial charge in [-0.05, 0) is 30.9 Å². The third kappa shape index (κ3) is 5.06. The topological polar surface area (TPSA) is 98.3 Å². The highest BCUT2D eigenvalue weighted by Gasteiger charge is 2.13. The largest absolute Gasteiger partial charge is 0.396 e. The molecule has 0 aromatic carbocycles. The third-order valence-corrected chi connectivity index (χ3v) is 4.30. The SMILES string of the molecule is Cc1ccc(N)c(C#Cc2cc(C(=O)NCCN3CCOCC3)nn2C)n1. The number of rotatable bonds is 4. The maximum absolute atomic E-state index is 12.3. The van der Waals surface area contributed by atoms with E-state index in [0.29, 0.717) is 29.3 Å². The summed E-state index contributed by atoms with van der Waals surface area (Å²) in [5.41, 5.74) is 8.75. The maximum Gasteiger partial charge on any atom is 0.271 e. The molecule has 1 aliphatic heterocycles. The van der Waals surface area contributed by atoms with Gasteiger partial charge in [0.1, 0.15) is 11.4 Å². The average molecular weight is 368 g/mol. The third-order valence-electron chi connectivity index (χ3n) is 4.30. The first-order valence-electron chi connectivity index (χ1n) is 8.90. The number of nitrogens with two attached hydrogens (primary N) is 1. The van der Waals surface area contributed by atoms with Gasteiger partial charge in [0.15, 0.2) is 5.69 Å². The first kappa shape index (κ1) is 18.9. The maximum atomic E-state index is 12.3. The van der Waals surface area contributed by atoms with Crippen LogP contribution in [-0.4, -0.2) is 65.0 Å². The Labute approximate surface area is 158 Å². The number of aromatic nitrogens is 3. The zero-order chi connectivity index (χ0) is 19.2. The molecule has 3 heterocycles. The summed E-state index contributed by atoms with van der Waals surface area (Å²) >= 11 is 0. The molecule has 0 radical (unpaired) electrons. The van der Waals surface area contributed by atoms with Gasteiger partial charge in [-0.3, -0.25) is 14.4 Å². The van der Waals surface area contributed by atoms with Crippen molar-refractivity contribution in [2.75, 3.05) is 45.1 Å². The number of aryl methyl sites for hydroxylation is 2. The molecule has 0 spiro atoms. The van der Waals surface area contributed by atoms with Crippen molar-refractivity contribution in [3.63, 3.8) is 0 Å². The van der Waals surface area contributed by atoms with Crippen molar-refractivity contribution in [2.24, 2.45) is 7.05 Å². The van der Waals surface area contributed by atoms with Gasteiger partial charge in [-0.2, -0.15) is 5.10 Å². The molecule has 8 nitrogen and oxygen atoms in total. The number of carbonyl (C=O) groups is 1. The van der Waals surface area contributed by atoms with Crippen LogP contribution in [0, 0.1) is 18.8 Å².